The van der Waals surface area contributed by atoms with Gasteiger partial charge in [0.15, 0.2) is 0 Å². The predicted octanol–water partition coefficient (Wildman–Crippen LogP) is 1.12. The third-order valence-corrected chi connectivity index (χ3v) is 3.19. The van der Waals surface area contributed by atoms with E-state index in [4.69, 9.17) is 4.74 Å². The lowest BCUT2D eigenvalue weighted by atomic mass is 9.84. The maximum Gasteiger partial charge on any atom is 0.0647 e. The molecule has 2 fully saturated rings. The van der Waals surface area contributed by atoms with Gasteiger partial charge < -0.3 is 4.74 Å². The van der Waals surface area contributed by atoms with Gasteiger partial charge in [-0.15, -0.1) is 0 Å². The van der Waals surface area contributed by atoms with Crippen LogP contribution in [0.15, 0.2) is 0 Å². The molecule has 0 aromatic rings. The molecule has 0 unspecified atom stereocenters. The van der Waals surface area contributed by atoms with Crippen LogP contribution in [0.2, 0.25) is 0 Å². The third-order valence-electron chi connectivity index (χ3n) is 3.19. The number of ether oxygens (including phenoxy) is 1. The van der Waals surface area contributed by atoms with E-state index in [0.717, 1.165) is 12.5 Å². The Morgan fingerprint density at radius 2 is 2.45 bits per heavy atom. The lowest BCUT2D eigenvalue weighted by molar-refractivity contribution is -0.0339. The summed E-state index contributed by atoms with van der Waals surface area (Å²) in [4.78, 5) is 2.58. The predicted molar refractivity (Wildman–Crippen MR) is 44.6 cm³/mol. The first-order valence-corrected chi connectivity index (χ1v) is 4.51. The smallest absolute Gasteiger partial charge is 0.0647 e. The van der Waals surface area contributed by atoms with Crippen LogP contribution in [0.3, 0.4) is 0 Å². The Morgan fingerprint density at radius 3 is 2.91 bits per heavy atom. The van der Waals surface area contributed by atoms with Gasteiger partial charge in [-0.2, -0.15) is 0 Å². The molecule has 11 heavy (non-hydrogen) atoms. The van der Waals surface area contributed by atoms with E-state index in [1.165, 1.54) is 25.9 Å². The highest BCUT2D eigenvalue weighted by molar-refractivity contribution is 5.05. The number of hydrogen-bond donors (Lipinski definition) is 0. The SMILES string of the molecule is COC[C@]12CCN1C[C@@H](C)C2. The highest BCUT2D eigenvalue weighted by Gasteiger charge is 2.50. The minimum Gasteiger partial charge on any atom is -0.383 e. The number of nitrogens with zero attached hydrogens (tertiary/aromatic N) is 1. The first-order chi connectivity index (χ1) is 5.27. The first-order valence-electron chi connectivity index (χ1n) is 4.51. The van der Waals surface area contributed by atoms with Crippen LogP contribution in [0.5, 0.6) is 0 Å². The molecule has 2 heterocycles. The van der Waals surface area contributed by atoms with Gasteiger partial charge in [0.25, 0.3) is 0 Å². The average molecular weight is 155 g/mol. The Kier molecular flexibility index (Phi) is 1.69. The lowest BCUT2D eigenvalue weighted by Crippen LogP contribution is -2.58. The molecule has 2 heteroatoms. The van der Waals surface area contributed by atoms with Gasteiger partial charge in [-0.1, -0.05) is 6.92 Å². The van der Waals surface area contributed by atoms with Crippen molar-refractivity contribution in [1.29, 1.82) is 0 Å². The molecule has 2 rings (SSSR count). The standard InChI is InChI=1S/C9H17NO/c1-8-5-9(7-11-2)3-4-10(9)6-8/h8H,3-7H2,1-2H3/t8-,9+/m0/s1. The Hall–Kier alpha value is -0.0800. The quantitative estimate of drug-likeness (QED) is 0.592. The second-order valence-electron chi connectivity index (χ2n) is 4.16. The van der Waals surface area contributed by atoms with E-state index in [0.29, 0.717) is 5.54 Å². The zero-order valence-electron chi connectivity index (χ0n) is 7.47. The second-order valence-corrected chi connectivity index (χ2v) is 4.16. The van der Waals surface area contributed by atoms with Crippen LogP contribution >= 0.6 is 0 Å². The van der Waals surface area contributed by atoms with E-state index in [1.54, 1.807) is 0 Å². The molecule has 0 radical (unpaired) electrons. The van der Waals surface area contributed by atoms with Gasteiger partial charge in [0.2, 0.25) is 0 Å². The summed E-state index contributed by atoms with van der Waals surface area (Å²) in [5.74, 6) is 0.882. The van der Waals surface area contributed by atoms with Gasteiger partial charge in [0.05, 0.1) is 6.61 Å². The van der Waals surface area contributed by atoms with Crippen LogP contribution in [-0.4, -0.2) is 37.2 Å². The van der Waals surface area contributed by atoms with Gasteiger partial charge in [-0.25, -0.2) is 0 Å². The van der Waals surface area contributed by atoms with Gasteiger partial charge in [-0.05, 0) is 18.8 Å². The minimum absolute atomic E-state index is 0.466. The van der Waals surface area contributed by atoms with E-state index < -0.39 is 0 Å². The summed E-state index contributed by atoms with van der Waals surface area (Å²) in [6, 6.07) is 0. The Labute approximate surface area is 68.5 Å². The van der Waals surface area contributed by atoms with Crippen molar-refractivity contribution in [3.8, 4) is 0 Å². The fourth-order valence-electron chi connectivity index (χ4n) is 2.68. The molecule has 0 aliphatic carbocycles. The molecule has 0 amide bonds. The van der Waals surface area contributed by atoms with Crippen molar-refractivity contribution in [2.45, 2.75) is 25.3 Å². The Bertz CT molecular complexity index is 160. The molecule has 2 aliphatic heterocycles. The monoisotopic (exact) mass is 155 g/mol. The maximum absolute atomic E-state index is 5.26. The van der Waals surface area contributed by atoms with Crippen molar-refractivity contribution in [2.24, 2.45) is 5.92 Å². The van der Waals surface area contributed by atoms with Crippen molar-refractivity contribution in [3.05, 3.63) is 0 Å². The molecule has 0 aromatic heterocycles. The Morgan fingerprint density at radius 1 is 1.64 bits per heavy atom. The highest BCUT2D eigenvalue weighted by atomic mass is 16.5. The van der Waals surface area contributed by atoms with Crippen molar-refractivity contribution in [1.82, 2.24) is 4.90 Å². The van der Waals surface area contributed by atoms with Gasteiger partial charge >= 0.3 is 0 Å². The molecule has 0 bridgehead atoms. The molecule has 0 spiro atoms. The van der Waals surface area contributed by atoms with Crippen LogP contribution in [0.1, 0.15) is 19.8 Å². The summed E-state index contributed by atoms with van der Waals surface area (Å²) < 4.78 is 5.26. The van der Waals surface area contributed by atoms with Crippen molar-refractivity contribution < 1.29 is 4.74 Å². The molecule has 64 valence electrons. The lowest BCUT2D eigenvalue weighted by Gasteiger charge is -2.47. The molecule has 2 saturated heterocycles. The zero-order chi connectivity index (χ0) is 7.90. The second kappa shape index (κ2) is 2.46. The molecule has 2 nitrogen and oxygen atoms in total. The molecular weight excluding hydrogens is 138 g/mol. The van der Waals surface area contributed by atoms with E-state index >= 15 is 0 Å². The summed E-state index contributed by atoms with van der Waals surface area (Å²) in [5.41, 5.74) is 0.466. The first kappa shape index (κ1) is 7.56. The van der Waals surface area contributed by atoms with Crippen LogP contribution in [-0.2, 0) is 4.74 Å². The number of rotatable bonds is 2. The van der Waals surface area contributed by atoms with Gasteiger partial charge in [0, 0.05) is 25.7 Å². The number of methoxy groups -OCH3 is 1. The van der Waals surface area contributed by atoms with E-state index in [9.17, 15) is 0 Å². The summed E-state index contributed by atoms with van der Waals surface area (Å²) in [7, 11) is 1.81. The fraction of sp³-hybridized carbons (Fsp3) is 1.00. The third kappa shape index (κ3) is 1.00. The average Bonchev–Trinajstić information content (AvgIpc) is 2.15. The van der Waals surface area contributed by atoms with E-state index in [1.807, 2.05) is 7.11 Å². The normalized spacial score (nSPS) is 43.6. The van der Waals surface area contributed by atoms with Crippen LogP contribution in [0, 0.1) is 5.92 Å². The van der Waals surface area contributed by atoms with Crippen molar-refractivity contribution >= 4 is 0 Å². The Balaban J connectivity index is 2.02. The van der Waals surface area contributed by atoms with E-state index in [2.05, 4.69) is 11.8 Å². The highest BCUT2D eigenvalue weighted by Crippen LogP contribution is 2.42. The van der Waals surface area contributed by atoms with Crippen LogP contribution in [0.4, 0.5) is 0 Å². The topological polar surface area (TPSA) is 12.5 Å². The fourth-order valence-corrected chi connectivity index (χ4v) is 2.68. The van der Waals surface area contributed by atoms with Crippen molar-refractivity contribution in [3.63, 3.8) is 0 Å². The summed E-state index contributed by atoms with van der Waals surface area (Å²) >= 11 is 0. The molecule has 2 atom stereocenters. The molecule has 0 aromatic carbocycles. The minimum atomic E-state index is 0.466. The molecular formula is C9H17NO. The van der Waals surface area contributed by atoms with Gasteiger partial charge in [0.1, 0.15) is 0 Å². The molecule has 2 aliphatic rings. The van der Waals surface area contributed by atoms with E-state index in [-0.39, 0.29) is 0 Å². The maximum atomic E-state index is 5.26. The summed E-state index contributed by atoms with van der Waals surface area (Å²) in [6.45, 7) is 5.88. The molecule has 0 saturated carbocycles. The largest absolute Gasteiger partial charge is 0.383 e. The summed E-state index contributed by atoms with van der Waals surface area (Å²) in [5, 5.41) is 0. The number of hydrogen-bond acceptors (Lipinski definition) is 2. The van der Waals surface area contributed by atoms with Crippen molar-refractivity contribution in [2.75, 3.05) is 26.8 Å². The van der Waals surface area contributed by atoms with Crippen LogP contribution in [0.25, 0.3) is 0 Å². The zero-order valence-corrected chi connectivity index (χ0v) is 7.47. The number of fused-ring (bicyclic) bond motifs is 1. The summed E-state index contributed by atoms with van der Waals surface area (Å²) in [6.07, 6.45) is 2.70. The molecule has 0 N–H and O–H groups in total. The van der Waals surface area contributed by atoms with Gasteiger partial charge in [-0.3, -0.25) is 4.90 Å². The van der Waals surface area contributed by atoms with Crippen LogP contribution < -0.4 is 0 Å².